The van der Waals surface area contributed by atoms with Crippen molar-refractivity contribution >= 4 is 28.3 Å². The van der Waals surface area contributed by atoms with Crippen LogP contribution in [0.25, 0.3) is 0 Å². The van der Waals surface area contributed by atoms with E-state index in [1.807, 2.05) is 4.90 Å². The van der Waals surface area contributed by atoms with Crippen molar-refractivity contribution in [3.8, 4) is 0 Å². The van der Waals surface area contributed by atoms with Crippen molar-refractivity contribution in [3.05, 3.63) is 40.7 Å². The zero-order valence-corrected chi connectivity index (χ0v) is 14.8. The van der Waals surface area contributed by atoms with Crippen LogP contribution in [0.5, 0.6) is 0 Å². The van der Waals surface area contributed by atoms with Gasteiger partial charge in [0.1, 0.15) is 10.8 Å². The number of rotatable bonds is 6. The monoisotopic (exact) mass is 378 g/mol. The van der Waals surface area contributed by atoms with Crippen LogP contribution in [0.3, 0.4) is 0 Å². The van der Waals surface area contributed by atoms with Gasteiger partial charge in [-0.05, 0) is 17.7 Å². The molecule has 2 amide bonds. The van der Waals surface area contributed by atoms with Gasteiger partial charge in [-0.15, -0.1) is 10.2 Å². The second-order valence-electron chi connectivity index (χ2n) is 5.92. The number of carbonyl (C=O) groups excluding carboxylic acids is 2. The molecule has 8 nitrogen and oxygen atoms in total. The summed E-state index contributed by atoms with van der Waals surface area (Å²) in [7, 11) is 0. The summed E-state index contributed by atoms with van der Waals surface area (Å²) in [5.74, 6) is -0.753. The SMILES string of the molecule is Nc1nnc(CNC(=O)C[C@@H]2C(=O)NCCN2Cc2ccc(F)cc2)s1. The molecule has 1 aliphatic heterocycles. The predicted octanol–water partition coefficient (Wildman–Crippen LogP) is 0.266. The van der Waals surface area contributed by atoms with E-state index >= 15 is 0 Å². The first-order valence-corrected chi connectivity index (χ1v) is 8.93. The smallest absolute Gasteiger partial charge is 0.237 e. The summed E-state index contributed by atoms with van der Waals surface area (Å²) in [6, 6.07) is 5.55. The number of nitrogen functional groups attached to an aromatic ring is 1. The van der Waals surface area contributed by atoms with Gasteiger partial charge in [-0.25, -0.2) is 4.39 Å². The number of nitrogens with two attached hydrogens (primary N) is 1. The van der Waals surface area contributed by atoms with Gasteiger partial charge in [0.15, 0.2) is 0 Å². The molecule has 0 aliphatic carbocycles. The fraction of sp³-hybridized carbons (Fsp3) is 0.375. The highest BCUT2D eigenvalue weighted by Crippen LogP contribution is 2.15. The fourth-order valence-corrected chi connectivity index (χ4v) is 3.31. The molecule has 1 aliphatic rings. The van der Waals surface area contributed by atoms with E-state index in [-0.39, 0.29) is 30.6 Å². The Kier molecular flexibility index (Phi) is 5.74. The normalized spacial score (nSPS) is 17.7. The van der Waals surface area contributed by atoms with Crippen molar-refractivity contribution in [1.82, 2.24) is 25.7 Å². The maximum absolute atomic E-state index is 13.1. The lowest BCUT2D eigenvalue weighted by Crippen LogP contribution is -2.56. The number of nitrogens with one attached hydrogen (secondary N) is 2. The van der Waals surface area contributed by atoms with E-state index in [0.29, 0.717) is 29.8 Å². The van der Waals surface area contributed by atoms with Gasteiger partial charge in [-0.3, -0.25) is 14.5 Å². The average Bonchev–Trinajstić information content (AvgIpc) is 3.03. The zero-order chi connectivity index (χ0) is 18.5. The molecule has 138 valence electrons. The lowest BCUT2D eigenvalue weighted by Gasteiger charge is -2.34. The molecular formula is C16H19FN6O2S. The average molecular weight is 378 g/mol. The topological polar surface area (TPSA) is 113 Å². The van der Waals surface area contributed by atoms with Crippen LogP contribution in [-0.2, 0) is 22.7 Å². The number of halogens is 1. The minimum absolute atomic E-state index is 0.0291. The lowest BCUT2D eigenvalue weighted by atomic mass is 10.1. The number of benzene rings is 1. The van der Waals surface area contributed by atoms with Crippen molar-refractivity contribution in [2.45, 2.75) is 25.6 Å². The van der Waals surface area contributed by atoms with Gasteiger partial charge in [0.25, 0.3) is 0 Å². The standard InChI is InChI=1S/C16H19FN6O2S/c17-11-3-1-10(2-4-11)9-23-6-5-19-15(25)12(23)7-13(24)20-8-14-21-22-16(18)26-14/h1-4,12H,5-9H2,(H2,18,22)(H,19,25)(H,20,24)/t12-/m1/s1. The molecule has 4 N–H and O–H groups in total. The molecule has 1 aromatic carbocycles. The van der Waals surface area contributed by atoms with Crippen molar-refractivity contribution in [2.24, 2.45) is 0 Å². The minimum atomic E-state index is -0.576. The first-order chi connectivity index (χ1) is 12.5. The highest BCUT2D eigenvalue weighted by Gasteiger charge is 2.31. The van der Waals surface area contributed by atoms with Crippen LogP contribution < -0.4 is 16.4 Å². The van der Waals surface area contributed by atoms with E-state index in [1.54, 1.807) is 12.1 Å². The molecule has 2 heterocycles. The van der Waals surface area contributed by atoms with E-state index in [4.69, 9.17) is 5.73 Å². The summed E-state index contributed by atoms with van der Waals surface area (Å²) in [6.07, 6.45) is 0.0291. The van der Waals surface area contributed by atoms with Crippen molar-refractivity contribution in [3.63, 3.8) is 0 Å². The molecule has 10 heteroatoms. The molecule has 0 spiro atoms. The van der Waals surface area contributed by atoms with Crippen LogP contribution in [0, 0.1) is 5.82 Å². The lowest BCUT2D eigenvalue weighted by molar-refractivity contribution is -0.134. The van der Waals surface area contributed by atoms with Gasteiger partial charge in [0.05, 0.1) is 19.0 Å². The molecule has 1 saturated heterocycles. The first kappa shape index (κ1) is 18.2. The Labute approximate surface area is 153 Å². The molecule has 0 saturated carbocycles. The third-order valence-electron chi connectivity index (χ3n) is 4.04. The van der Waals surface area contributed by atoms with Gasteiger partial charge in [-0.1, -0.05) is 23.5 Å². The number of amides is 2. The van der Waals surface area contributed by atoms with Gasteiger partial charge in [-0.2, -0.15) is 0 Å². The van der Waals surface area contributed by atoms with Gasteiger partial charge in [0.2, 0.25) is 16.9 Å². The Morgan fingerprint density at radius 2 is 2.15 bits per heavy atom. The van der Waals surface area contributed by atoms with Gasteiger partial charge < -0.3 is 16.4 Å². The van der Waals surface area contributed by atoms with Crippen molar-refractivity contribution in [2.75, 3.05) is 18.8 Å². The number of hydrogen-bond donors (Lipinski definition) is 3. The highest BCUT2D eigenvalue weighted by atomic mass is 32.1. The van der Waals surface area contributed by atoms with Crippen LogP contribution in [-0.4, -0.2) is 46.0 Å². The van der Waals surface area contributed by atoms with Gasteiger partial charge in [0, 0.05) is 19.6 Å². The zero-order valence-electron chi connectivity index (χ0n) is 13.9. The van der Waals surface area contributed by atoms with Crippen LogP contribution in [0.2, 0.25) is 0 Å². The third kappa shape index (κ3) is 4.73. The predicted molar refractivity (Wildman–Crippen MR) is 94.4 cm³/mol. The molecule has 26 heavy (non-hydrogen) atoms. The maximum Gasteiger partial charge on any atom is 0.237 e. The van der Waals surface area contributed by atoms with Crippen molar-refractivity contribution in [1.29, 1.82) is 0 Å². The van der Waals surface area contributed by atoms with Crippen LogP contribution >= 0.6 is 11.3 Å². The number of piperazine rings is 1. The van der Waals surface area contributed by atoms with E-state index in [9.17, 15) is 14.0 Å². The molecule has 1 fully saturated rings. The van der Waals surface area contributed by atoms with Gasteiger partial charge >= 0.3 is 0 Å². The molecule has 1 aromatic heterocycles. The largest absolute Gasteiger partial charge is 0.374 e. The summed E-state index contributed by atoms with van der Waals surface area (Å²) >= 11 is 1.20. The third-order valence-corrected chi connectivity index (χ3v) is 4.79. The fourth-order valence-electron chi connectivity index (χ4n) is 2.76. The van der Waals surface area contributed by atoms with Crippen LogP contribution in [0.1, 0.15) is 17.0 Å². The number of aromatic nitrogens is 2. The molecule has 1 atom stereocenters. The summed E-state index contributed by atoms with van der Waals surface area (Å²) in [6.45, 7) is 1.83. The summed E-state index contributed by atoms with van der Waals surface area (Å²) < 4.78 is 13.1. The maximum atomic E-state index is 13.1. The summed E-state index contributed by atoms with van der Waals surface area (Å²) in [5, 5.41) is 14.0. The minimum Gasteiger partial charge on any atom is -0.374 e. The Morgan fingerprint density at radius 1 is 1.38 bits per heavy atom. The molecule has 0 radical (unpaired) electrons. The van der Waals surface area contributed by atoms with Crippen LogP contribution in [0.4, 0.5) is 9.52 Å². The highest BCUT2D eigenvalue weighted by molar-refractivity contribution is 7.15. The first-order valence-electron chi connectivity index (χ1n) is 8.12. The van der Waals surface area contributed by atoms with E-state index in [0.717, 1.165) is 5.56 Å². The Hall–Kier alpha value is -2.59. The van der Waals surface area contributed by atoms with Crippen LogP contribution in [0.15, 0.2) is 24.3 Å². The number of nitrogens with zero attached hydrogens (tertiary/aromatic N) is 3. The second-order valence-corrected chi connectivity index (χ2v) is 7.01. The van der Waals surface area contributed by atoms with E-state index in [2.05, 4.69) is 20.8 Å². The summed E-state index contributed by atoms with van der Waals surface area (Å²) in [5.41, 5.74) is 6.39. The molecule has 0 unspecified atom stereocenters. The molecule has 3 rings (SSSR count). The molecule has 2 aromatic rings. The Balaban J connectivity index is 1.59. The molecular weight excluding hydrogens is 359 g/mol. The number of carbonyl (C=O) groups is 2. The second kappa shape index (κ2) is 8.19. The Bertz CT molecular complexity index is 781. The summed E-state index contributed by atoms with van der Waals surface area (Å²) in [4.78, 5) is 26.4. The van der Waals surface area contributed by atoms with E-state index < -0.39 is 6.04 Å². The Morgan fingerprint density at radius 3 is 2.85 bits per heavy atom. The number of anilines is 1. The quantitative estimate of drug-likeness (QED) is 0.665. The molecule has 0 bridgehead atoms. The number of hydrogen-bond acceptors (Lipinski definition) is 7. The van der Waals surface area contributed by atoms with E-state index in [1.165, 1.54) is 23.5 Å². The van der Waals surface area contributed by atoms with Crippen molar-refractivity contribution < 1.29 is 14.0 Å².